The molecule has 3 N–H and O–H groups in total. The van der Waals surface area contributed by atoms with Gasteiger partial charge >= 0.3 is 5.97 Å². The lowest BCUT2D eigenvalue weighted by atomic mass is 10.1. The molecule has 4 rings (SSSR count). The summed E-state index contributed by atoms with van der Waals surface area (Å²) in [4.78, 5) is 33.1. The first-order chi connectivity index (χ1) is 14.6. The van der Waals surface area contributed by atoms with Crippen molar-refractivity contribution in [1.29, 1.82) is 0 Å². The second-order valence-corrected chi connectivity index (χ2v) is 7.35. The smallest absolute Gasteiger partial charge is 0.337 e. The number of hydrogen-bond acceptors (Lipinski definition) is 6. The number of para-hydroxylation sites is 1. The third-order valence-electron chi connectivity index (χ3n) is 4.53. The van der Waals surface area contributed by atoms with E-state index in [4.69, 9.17) is 0 Å². The Bertz CT molecular complexity index is 1210. The van der Waals surface area contributed by atoms with Crippen molar-refractivity contribution in [3.8, 4) is 11.1 Å². The van der Waals surface area contributed by atoms with Crippen LogP contribution in [0, 0.1) is 0 Å². The molecule has 0 bridgehead atoms. The van der Waals surface area contributed by atoms with E-state index >= 15 is 0 Å². The fourth-order valence-electron chi connectivity index (χ4n) is 3.13. The zero-order valence-electron chi connectivity index (χ0n) is 15.8. The number of nitrogens with zero attached hydrogens (tertiary/aromatic N) is 2. The highest BCUT2D eigenvalue weighted by Gasteiger charge is 2.14. The Morgan fingerprint density at radius 3 is 2.57 bits per heavy atom. The zero-order valence-corrected chi connectivity index (χ0v) is 16.6. The lowest BCUT2D eigenvalue weighted by molar-refractivity contribution is -0.115. The number of carboxylic acid groups (broad SMARTS) is 1. The van der Waals surface area contributed by atoms with E-state index in [-0.39, 0.29) is 23.6 Å². The van der Waals surface area contributed by atoms with Gasteiger partial charge in [-0.3, -0.25) is 4.79 Å². The van der Waals surface area contributed by atoms with Crippen molar-refractivity contribution in [2.45, 2.75) is 6.42 Å². The molecule has 7 nitrogen and oxygen atoms in total. The average Bonchev–Trinajstić information content (AvgIpc) is 3.20. The number of amides is 1. The van der Waals surface area contributed by atoms with Gasteiger partial charge < -0.3 is 15.7 Å². The third kappa shape index (κ3) is 4.13. The molecule has 0 saturated carbocycles. The van der Waals surface area contributed by atoms with Gasteiger partial charge in [0, 0.05) is 23.9 Å². The largest absolute Gasteiger partial charge is 0.478 e. The SMILES string of the molecule is O=C(CCNc1ncnc2scc(-c3ccccc3)c12)Nc1ccccc1C(=O)O. The second-order valence-electron chi connectivity index (χ2n) is 6.49. The summed E-state index contributed by atoms with van der Waals surface area (Å²) in [5, 5.41) is 18.1. The molecule has 0 spiro atoms. The van der Waals surface area contributed by atoms with Crippen LogP contribution in [-0.2, 0) is 4.79 Å². The van der Waals surface area contributed by atoms with Gasteiger partial charge in [-0.15, -0.1) is 11.3 Å². The van der Waals surface area contributed by atoms with E-state index in [1.54, 1.807) is 29.5 Å². The first-order valence-electron chi connectivity index (χ1n) is 9.27. The Morgan fingerprint density at radius 2 is 1.77 bits per heavy atom. The van der Waals surface area contributed by atoms with Crippen molar-refractivity contribution in [2.24, 2.45) is 0 Å². The number of carbonyl (C=O) groups excluding carboxylic acids is 1. The van der Waals surface area contributed by atoms with Crippen LogP contribution in [0.4, 0.5) is 11.5 Å². The molecule has 8 heteroatoms. The van der Waals surface area contributed by atoms with Crippen LogP contribution in [0.1, 0.15) is 16.8 Å². The molecule has 0 aliphatic rings. The number of nitrogens with one attached hydrogen (secondary N) is 2. The molecule has 0 aliphatic heterocycles. The first kappa shape index (κ1) is 19.5. The van der Waals surface area contributed by atoms with Crippen LogP contribution < -0.4 is 10.6 Å². The van der Waals surface area contributed by atoms with Gasteiger partial charge in [0.2, 0.25) is 5.91 Å². The lowest BCUT2D eigenvalue weighted by Crippen LogP contribution is -2.18. The highest BCUT2D eigenvalue weighted by Crippen LogP contribution is 2.36. The van der Waals surface area contributed by atoms with Gasteiger partial charge in [0.25, 0.3) is 0 Å². The zero-order chi connectivity index (χ0) is 20.9. The summed E-state index contributed by atoms with van der Waals surface area (Å²) in [6.45, 7) is 0.345. The lowest BCUT2D eigenvalue weighted by Gasteiger charge is -2.10. The van der Waals surface area contributed by atoms with Crippen molar-refractivity contribution in [1.82, 2.24) is 9.97 Å². The van der Waals surface area contributed by atoms with E-state index in [1.165, 1.54) is 12.4 Å². The Balaban J connectivity index is 1.46. The minimum Gasteiger partial charge on any atom is -0.478 e. The molecule has 0 aliphatic carbocycles. The van der Waals surface area contributed by atoms with Crippen molar-refractivity contribution in [3.05, 3.63) is 71.9 Å². The summed E-state index contributed by atoms with van der Waals surface area (Å²) in [5.41, 5.74) is 2.45. The molecule has 2 heterocycles. The topological polar surface area (TPSA) is 104 Å². The molecule has 2 aromatic heterocycles. The molecule has 30 heavy (non-hydrogen) atoms. The maximum absolute atomic E-state index is 12.3. The first-order valence-corrected chi connectivity index (χ1v) is 10.1. The van der Waals surface area contributed by atoms with Crippen molar-refractivity contribution in [3.63, 3.8) is 0 Å². The van der Waals surface area contributed by atoms with Crippen LogP contribution in [0.25, 0.3) is 21.3 Å². The fraction of sp³-hybridized carbons (Fsp3) is 0.0909. The second kappa shape index (κ2) is 8.71. The van der Waals surface area contributed by atoms with E-state index in [0.29, 0.717) is 12.4 Å². The van der Waals surface area contributed by atoms with Gasteiger partial charge in [-0.25, -0.2) is 14.8 Å². The normalized spacial score (nSPS) is 10.7. The molecular weight excluding hydrogens is 400 g/mol. The molecular formula is C22H18N4O3S. The van der Waals surface area contributed by atoms with Gasteiger partial charge in [-0.05, 0) is 17.7 Å². The van der Waals surface area contributed by atoms with Gasteiger partial charge in [-0.1, -0.05) is 42.5 Å². The van der Waals surface area contributed by atoms with Crippen LogP contribution in [0.5, 0.6) is 0 Å². The van der Waals surface area contributed by atoms with Crippen molar-refractivity contribution >= 4 is 44.9 Å². The minimum absolute atomic E-state index is 0.0575. The monoisotopic (exact) mass is 418 g/mol. The number of fused-ring (bicyclic) bond motifs is 1. The van der Waals surface area contributed by atoms with Crippen LogP contribution in [-0.4, -0.2) is 33.5 Å². The molecule has 0 atom stereocenters. The van der Waals surface area contributed by atoms with Crippen molar-refractivity contribution < 1.29 is 14.7 Å². The van der Waals surface area contributed by atoms with Gasteiger partial charge in [0.15, 0.2) is 0 Å². The minimum atomic E-state index is -1.08. The Hall–Kier alpha value is -3.78. The van der Waals surface area contributed by atoms with Gasteiger partial charge in [-0.2, -0.15) is 0 Å². The molecule has 2 aromatic carbocycles. The number of aromatic nitrogens is 2. The maximum atomic E-state index is 12.3. The van der Waals surface area contributed by atoms with E-state index in [2.05, 4.69) is 26.0 Å². The Morgan fingerprint density at radius 1 is 1.00 bits per heavy atom. The number of aromatic carboxylic acids is 1. The van der Waals surface area contributed by atoms with Crippen LogP contribution in [0.3, 0.4) is 0 Å². The van der Waals surface area contributed by atoms with E-state index in [9.17, 15) is 14.7 Å². The molecule has 4 aromatic rings. The third-order valence-corrected chi connectivity index (χ3v) is 5.42. The highest BCUT2D eigenvalue weighted by atomic mass is 32.1. The molecule has 0 fully saturated rings. The van der Waals surface area contributed by atoms with Crippen molar-refractivity contribution in [2.75, 3.05) is 17.2 Å². The molecule has 0 radical (unpaired) electrons. The van der Waals surface area contributed by atoms with Crippen LogP contribution in [0.2, 0.25) is 0 Å². The predicted octanol–water partition coefficient (Wildman–Crippen LogP) is 4.50. The van der Waals surface area contributed by atoms with E-state index in [1.807, 2.05) is 30.3 Å². The summed E-state index contributed by atoms with van der Waals surface area (Å²) in [6, 6.07) is 16.3. The summed E-state index contributed by atoms with van der Waals surface area (Å²) >= 11 is 1.54. The van der Waals surface area contributed by atoms with E-state index < -0.39 is 5.97 Å². The number of carbonyl (C=O) groups is 2. The van der Waals surface area contributed by atoms with Gasteiger partial charge in [0.05, 0.1) is 16.6 Å². The number of thiophene rings is 1. The highest BCUT2D eigenvalue weighted by molar-refractivity contribution is 7.17. The number of rotatable bonds is 7. The molecule has 0 unspecified atom stereocenters. The fourth-order valence-corrected chi connectivity index (χ4v) is 4.04. The van der Waals surface area contributed by atoms with Gasteiger partial charge in [0.1, 0.15) is 17.0 Å². The van der Waals surface area contributed by atoms with Crippen LogP contribution >= 0.6 is 11.3 Å². The summed E-state index contributed by atoms with van der Waals surface area (Å²) < 4.78 is 0. The number of hydrogen-bond donors (Lipinski definition) is 3. The molecule has 1 amide bonds. The number of carboxylic acids is 1. The number of benzene rings is 2. The molecule has 150 valence electrons. The Labute approximate surface area is 176 Å². The quantitative estimate of drug-likeness (QED) is 0.408. The standard InChI is InChI=1S/C22H18N4O3S/c27-18(26-17-9-5-4-8-15(17)22(28)29)10-11-23-20-19-16(14-6-2-1-3-7-14)12-30-21(19)25-13-24-20/h1-9,12-13H,10-11H2,(H,26,27)(H,28,29)(H,23,24,25). The van der Waals surface area contributed by atoms with E-state index in [0.717, 1.165) is 21.3 Å². The predicted molar refractivity (Wildman–Crippen MR) is 118 cm³/mol. The number of anilines is 2. The summed E-state index contributed by atoms with van der Waals surface area (Å²) in [6.07, 6.45) is 1.66. The molecule has 0 saturated heterocycles. The maximum Gasteiger partial charge on any atom is 0.337 e. The summed E-state index contributed by atoms with van der Waals surface area (Å²) in [7, 11) is 0. The average molecular weight is 418 g/mol. The summed E-state index contributed by atoms with van der Waals surface area (Å²) in [5.74, 6) is -0.702. The Kier molecular flexibility index (Phi) is 5.67. The van der Waals surface area contributed by atoms with Crippen LogP contribution in [0.15, 0.2) is 66.3 Å².